The van der Waals surface area contributed by atoms with Gasteiger partial charge in [-0.25, -0.2) is 9.97 Å². The van der Waals surface area contributed by atoms with Gasteiger partial charge in [0.1, 0.15) is 0 Å². The number of anilines is 2. The molecule has 1 saturated heterocycles. The van der Waals surface area contributed by atoms with E-state index >= 15 is 0 Å². The van der Waals surface area contributed by atoms with Crippen LogP contribution in [0.4, 0.5) is 11.6 Å². The number of amides is 2. The number of benzene rings is 2. The van der Waals surface area contributed by atoms with Crippen molar-refractivity contribution in [3.05, 3.63) is 90.5 Å². The lowest BCUT2D eigenvalue weighted by molar-refractivity contribution is 0.0518. The molecule has 0 saturated carbocycles. The lowest BCUT2D eigenvalue weighted by Crippen LogP contribution is -2.50. The number of piperazine rings is 1. The molecular formula is C31H33N5O4S. The van der Waals surface area contributed by atoms with Gasteiger partial charge in [-0.1, -0.05) is 12.1 Å². The predicted molar refractivity (Wildman–Crippen MR) is 160 cm³/mol. The Morgan fingerprint density at radius 2 is 1.68 bits per heavy atom. The number of carbonyl (C=O) groups is 2. The van der Waals surface area contributed by atoms with Crippen LogP contribution in [-0.2, 0) is 4.74 Å². The Hall–Kier alpha value is -4.15. The summed E-state index contributed by atoms with van der Waals surface area (Å²) < 4.78 is 10.6. The van der Waals surface area contributed by atoms with E-state index in [0.717, 1.165) is 42.3 Å². The van der Waals surface area contributed by atoms with Gasteiger partial charge in [0.05, 0.1) is 12.0 Å². The van der Waals surface area contributed by atoms with E-state index in [1.807, 2.05) is 36.9 Å². The van der Waals surface area contributed by atoms with Gasteiger partial charge in [0.25, 0.3) is 11.8 Å². The van der Waals surface area contributed by atoms with Crippen molar-refractivity contribution in [1.82, 2.24) is 19.8 Å². The zero-order valence-electron chi connectivity index (χ0n) is 23.0. The predicted octanol–water partition coefficient (Wildman–Crippen LogP) is 5.60. The highest BCUT2D eigenvalue weighted by molar-refractivity contribution is 7.99. The van der Waals surface area contributed by atoms with E-state index in [0.29, 0.717) is 43.5 Å². The maximum Gasteiger partial charge on any atom is 0.289 e. The van der Waals surface area contributed by atoms with Crippen LogP contribution in [0.3, 0.4) is 0 Å². The van der Waals surface area contributed by atoms with Crippen LogP contribution in [0.15, 0.2) is 88.5 Å². The van der Waals surface area contributed by atoms with Gasteiger partial charge in [-0.15, -0.1) is 11.8 Å². The molecule has 0 radical (unpaired) electrons. The Kier molecular flexibility index (Phi) is 9.66. The number of ether oxygens (including phenoxy) is 1. The Labute approximate surface area is 243 Å². The van der Waals surface area contributed by atoms with E-state index in [-0.39, 0.29) is 11.8 Å². The fourth-order valence-electron chi connectivity index (χ4n) is 4.47. The second kappa shape index (κ2) is 14.0. The van der Waals surface area contributed by atoms with E-state index in [9.17, 15) is 9.59 Å². The largest absolute Gasteiger partial charge is 0.459 e. The van der Waals surface area contributed by atoms with E-state index in [2.05, 4.69) is 39.6 Å². The lowest BCUT2D eigenvalue weighted by Gasteiger charge is -2.34. The van der Waals surface area contributed by atoms with Crippen molar-refractivity contribution in [3.63, 3.8) is 0 Å². The zero-order valence-corrected chi connectivity index (χ0v) is 23.8. The van der Waals surface area contributed by atoms with Gasteiger partial charge in [-0.05, 0) is 67.9 Å². The first kappa shape index (κ1) is 28.4. The number of hydrogen-bond donors (Lipinski definition) is 1. The second-order valence-corrected chi connectivity index (χ2v) is 10.6. The Balaban J connectivity index is 1.13. The van der Waals surface area contributed by atoms with Crippen LogP contribution in [0.5, 0.6) is 0 Å². The number of hydrogen-bond acceptors (Lipinski definition) is 8. The minimum absolute atomic E-state index is 0.0594. The summed E-state index contributed by atoms with van der Waals surface area (Å²) in [5.74, 6) is 1.61. The number of furan rings is 1. The molecule has 0 spiro atoms. The van der Waals surface area contributed by atoms with E-state index in [4.69, 9.17) is 9.15 Å². The minimum atomic E-state index is -0.149. The van der Waals surface area contributed by atoms with Crippen LogP contribution >= 0.6 is 11.8 Å². The Bertz CT molecular complexity index is 1420. The molecule has 1 fully saturated rings. The van der Waals surface area contributed by atoms with Crippen molar-refractivity contribution in [2.24, 2.45) is 0 Å². The first-order valence-corrected chi connectivity index (χ1v) is 14.7. The van der Waals surface area contributed by atoms with Gasteiger partial charge in [-0.3, -0.25) is 9.59 Å². The summed E-state index contributed by atoms with van der Waals surface area (Å²) in [4.78, 5) is 39.3. The van der Waals surface area contributed by atoms with Crippen molar-refractivity contribution >= 4 is 35.2 Å². The first-order valence-electron chi connectivity index (χ1n) is 13.7. The molecule has 1 aliphatic heterocycles. The molecule has 0 bridgehead atoms. The summed E-state index contributed by atoms with van der Waals surface area (Å²) in [6, 6.07) is 20.9. The molecule has 2 aromatic carbocycles. The van der Waals surface area contributed by atoms with Crippen LogP contribution in [0.1, 0.15) is 34.3 Å². The van der Waals surface area contributed by atoms with Gasteiger partial charge in [0.15, 0.2) is 5.76 Å². The maximum absolute atomic E-state index is 13.1. The van der Waals surface area contributed by atoms with Crippen molar-refractivity contribution in [3.8, 4) is 11.3 Å². The molecule has 0 atom stereocenters. The van der Waals surface area contributed by atoms with Crippen LogP contribution in [0.2, 0.25) is 0 Å². The normalized spacial score (nSPS) is 13.3. The number of carbonyl (C=O) groups excluding carboxylic acids is 2. The summed E-state index contributed by atoms with van der Waals surface area (Å²) in [5.41, 5.74) is 3.21. The molecule has 2 amide bonds. The van der Waals surface area contributed by atoms with E-state index in [1.54, 1.807) is 40.3 Å². The number of rotatable bonds is 11. The molecule has 41 heavy (non-hydrogen) atoms. The SMILES string of the molecule is CCOCCCSc1ccc(-c2ccnc(Nc3ccc(C(=O)N4CCN(C(=O)c5ccco5)CC4)cc3)n2)cc1. The third kappa shape index (κ3) is 7.53. The number of nitrogens with zero attached hydrogens (tertiary/aromatic N) is 4. The van der Waals surface area contributed by atoms with Gasteiger partial charge in [0.2, 0.25) is 5.95 Å². The molecule has 212 valence electrons. The molecule has 2 aromatic heterocycles. The Morgan fingerprint density at radius 1 is 0.951 bits per heavy atom. The number of nitrogens with one attached hydrogen (secondary N) is 1. The molecule has 5 rings (SSSR count). The maximum atomic E-state index is 13.1. The number of thioether (sulfide) groups is 1. The average molecular weight is 572 g/mol. The zero-order chi connectivity index (χ0) is 28.4. The molecule has 0 unspecified atom stereocenters. The summed E-state index contributed by atoms with van der Waals surface area (Å²) in [7, 11) is 0. The lowest BCUT2D eigenvalue weighted by atomic mass is 10.1. The van der Waals surface area contributed by atoms with Gasteiger partial charge in [0, 0.05) is 73.1 Å². The van der Waals surface area contributed by atoms with Gasteiger partial charge < -0.3 is 24.3 Å². The molecule has 0 aliphatic carbocycles. The topological polar surface area (TPSA) is 101 Å². The van der Waals surface area contributed by atoms with E-state index < -0.39 is 0 Å². The fourth-order valence-corrected chi connectivity index (χ4v) is 5.30. The van der Waals surface area contributed by atoms with Gasteiger partial charge >= 0.3 is 0 Å². The van der Waals surface area contributed by atoms with Crippen LogP contribution in [0.25, 0.3) is 11.3 Å². The monoisotopic (exact) mass is 571 g/mol. The average Bonchev–Trinajstić information content (AvgIpc) is 3.57. The van der Waals surface area contributed by atoms with Crippen LogP contribution < -0.4 is 5.32 Å². The van der Waals surface area contributed by atoms with Crippen molar-refractivity contribution in [2.45, 2.75) is 18.2 Å². The minimum Gasteiger partial charge on any atom is -0.459 e. The smallest absolute Gasteiger partial charge is 0.289 e. The molecule has 3 heterocycles. The first-order chi connectivity index (χ1) is 20.1. The summed E-state index contributed by atoms with van der Waals surface area (Å²) in [6.07, 6.45) is 4.25. The van der Waals surface area contributed by atoms with Crippen molar-refractivity contribution in [2.75, 3.05) is 50.5 Å². The highest BCUT2D eigenvalue weighted by Crippen LogP contribution is 2.25. The second-order valence-electron chi connectivity index (χ2n) is 9.45. The summed E-state index contributed by atoms with van der Waals surface area (Å²) in [5, 5.41) is 3.23. The third-order valence-corrected chi connectivity index (χ3v) is 7.78. The standard InChI is InChI=1S/C31H33N5O4S/c1-2-39-20-4-22-41-26-12-8-23(9-13-26)27-14-15-32-31(34-27)33-25-10-6-24(7-11-25)29(37)35-16-18-36(19-17-35)30(38)28-5-3-21-40-28/h3,5-15,21H,2,4,16-20,22H2,1H3,(H,32,33,34). The highest BCUT2D eigenvalue weighted by atomic mass is 32.2. The van der Waals surface area contributed by atoms with Crippen molar-refractivity contribution < 1.29 is 18.7 Å². The molecule has 9 nitrogen and oxygen atoms in total. The van der Waals surface area contributed by atoms with Gasteiger partial charge in [-0.2, -0.15) is 0 Å². The molecule has 10 heteroatoms. The molecule has 4 aromatic rings. The molecule has 1 N–H and O–H groups in total. The quantitative estimate of drug-likeness (QED) is 0.184. The highest BCUT2D eigenvalue weighted by Gasteiger charge is 2.26. The summed E-state index contributed by atoms with van der Waals surface area (Å²) in [6.45, 7) is 5.45. The van der Waals surface area contributed by atoms with Crippen LogP contribution in [-0.4, -0.2) is 76.7 Å². The molecular weight excluding hydrogens is 538 g/mol. The molecule has 1 aliphatic rings. The summed E-state index contributed by atoms with van der Waals surface area (Å²) >= 11 is 1.82. The van der Waals surface area contributed by atoms with Crippen molar-refractivity contribution in [1.29, 1.82) is 0 Å². The third-order valence-electron chi connectivity index (χ3n) is 6.69. The number of aromatic nitrogens is 2. The fraction of sp³-hybridized carbons (Fsp3) is 0.290. The van der Waals surface area contributed by atoms with Crippen LogP contribution in [0, 0.1) is 0 Å². The Morgan fingerprint density at radius 3 is 2.37 bits per heavy atom. The van der Waals surface area contributed by atoms with E-state index in [1.165, 1.54) is 11.2 Å².